The highest BCUT2D eigenvalue weighted by Gasteiger charge is 2.19. The lowest BCUT2D eigenvalue weighted by atomic mass is 9.87. The van der Waals surface area contributed by atoms with E-state index in [1.807, 2.05) is 0 Å². The molecule has 0 bridgehead atoms. The van der Waals surface area contributed by atoms with Crippen LogP contribution < -0.4 is 11.1 Å². The number of aryl methyl sites for hydroxylation is 1. The Morgan fingerprint density at radius 2 is 2.05 bits per heavy atom. The number of carbonyl (C=O) groups excluding carboxylic acids is 1. The van der Waals surface area contributed by atoms with Crippen LogP contribution in [0.4, 0.5) is 11.4 Å². The molecule has 0 spiro atoms. The molecule has 6 heteroatoms. The molecule has 1 aromatic rings. The van der Waals surface area contributed by atoms with Crippen molar-refractivity contribution < 1.29 is 9.72 Å². The third kappa shape index (κ3) is 5.91. The van der Waals surface area contributed by atoms with Gasteiger partial charge < -0.3 is 11.1 Å². The van der Waals surface area contributed by atoms with Crippen LogP contribution in [-0.4, -0.2) is 16.9 Å². The number of amides is 1. The second-order valence-electron chi connectivity index (χ2n) is 6.53. The summed E-state index contributed by atoms with van der Waals surface area (Å²) in [6.07, 6.45) is 0.924. The first-order valence-electron chi connectivity index (χ1n) is 6.89. The molecule has 0 radical (unpaired) electrons. The highest BCUT2D eigenvalue weighted by molar-refractivity contribution is 5.92. The van der Waals surface area contributed by atoms with Gasteiger partial charge in [-0.2, -0.15) is 0 Å². The lowest BCUT2D eigenvalue weighted by Crippen LogP contribution is -2.31. The Balaban J connectivity index is 2.71. The summed E-state index contributed by atoms with van der Waals surface area (Å²) in [4.78, 5) is 22.3. The maximum Gasteiger partial charge on any atom is 0.271 e. The van der Waals surface area contributed by atoms with E-state index in [2.05, 4.69) is 26.1 Å². The molecule has 0 heterocycles. The maximum absolute atomic E-state index is 12.0. The molecule has 0 aliphatic heterocycles. The number of nitrogens with zero attached hydrogens (tertiary/aromatic N) is 1. The van der Waals surface area contributed by atoms with Gasteiger partial charge in [0.05, 0.1) is 10.6 Å². The summed E-state index contributed by atoms with van der Waals surface area (Å²) in [5.74, 6) is -0.227. The number of rotatable bonds is 5. The number of anilines is 1. The van der Waals surface area contributed by atoms with E-state index in [1.54, 1.807) is 13.0 Å². The van der Waals surface area contributed by atoms with Gasteiger partial charge in [-0.15, -0.1) is 0 Å². The molecular formula is C15H23N3O3. The highest BCUT2D eigenvalue weighted by atomic mass is 16.6. The van der Waals surface area contributed by atoms with E-state index in [1.165, 1.54) is 12.1 Å². The quantitative estimate of drug-likeness (QED) is 0.644. The van der Waals surface area contributed by atoms with Crippen LogP contribution in [0.5, 0.6) is 0 Å². The summed E-state index contributed by atoms with van der Waals surface area (Å²) in [5, 5.41) is 13.5. The summed E-state index contributed by atoms with van der Waals surface area (Å²) in [6, 6.07) is 4.16. The van der Waals surface area contributed by atoms with Crippen molar-refractivity contribution in [2.24, 2.45) is 11.1 Å². The molecule has 21 heavy (non-hydrogen) atoms. The molecule has 0 aliphatic carbocycles. The Kier molecular flexibility index (Phi) is 5.43. The Morgan fingerprint density at radius 1 is 1.43 bits per heavy atom. The summed E-state index contributed by atoms with van der Waals surface area (Å²) in [6.45, 7) is 7.98. The number of benzene rings is 1. The molecule has 0 aliphatic rings. The molecule has 3 N–H and O–H groups in total. The van der Waals surface area contributed by atoms with Crippen LogP contribution in [0, 0.1) is 22.5 Å². The molecule has 0 fully saturated rings. The fourth-order valence-corrected chi connectivity index (χ4v) is 2.16. The van der Waals surface area contributed by atoms with Crippen LogP contribution >= 0.6 is 0 Å². The van der Waals surface area contributed by atoms with Gasteiger partial charge in [-0.05, 0) is 24.3 Å². The first-order valence-corrected chi connectivity index (χ1v) is 6.89. The van der Waals surface area contributed by atoms with Crippen LogP contribution in [0.2, 0.25) is 0 Å². The van der Waals surface area contributed by atoms with Crippen molar-refractivity contribution in [3.63, 3.8) is 0 Å². The number of carbonyl (C=O) groups is 1. The second-order valence-corrected chi connectivity index (χ2v) is 6.53. The lowest BCUT2D eigenvalue weighted by Gasteiger charge is -2.22. The average molecular weight is 293 g/mol. The monoisotopic (exact) mass is 293 g/mol. The Labute approximate surface area is 124 Å². The van der Waals surface area contributed by atoms with E-state index >= 15 is 0 Å². The van der Waals surface area contributed by atoms with Gasteiger partial charge in [0.1, 0.15) is 0 Å². The van der Waals surface area contributed by atoms with Crippen LogP contribution in [0.15, 0.2) is 18.2 Å². The summed E-state index contributed by atoms with van der Waals surface area (Å²) in [5.41, 5.74) is 7.20. The van der Waals surface area contributed by atoms with E-state index < -0.39 is 4.92 Å². The number of nitro groups is 1. The Hall–Kier alpha value is -1.95. The first kappa shape index (κ1) is 17.1. The highest BCUT2D eigenvalue weighted by Crippen LogP contribution is 2.23. The van der Waals surface area contributed by atoms with Gasteiger partial charge in [0.15, 0.2) is 0 Å². The zero-order valence-corrected chi connectivity index (χ0v) is 13.0. The number of hydrogen-bond donors (Lipinski definition) is 2. The molecule has 0 aromatic heterocycles. The summed E-state index contributed by atoms with van der Waals surface area (Å²) >= 11 is 0. The second kappa shape index (κ2) is 6.67. The standard InChI is InChI=1S/C15H23N3O3/c1-10-5-6-12(18(20)21)8-13(10)17-14(19)7-11(16)9-15(2,3)4/h5-6,8,11H,7,9,16H2,1-4H3,(H,17,19). The van der Waals surface area contributed by atoms with Gasteiger partial charge in [0.2, 0.25) is 5.91 Å². The van der Waals surface area contributed by atoms with Crippen molar-refractivity contribution in [2.75, 3.05) is 5.32 Å². The summed E-state index contributed by atoms with van der Waals surface area (Å²) in [7, 11) is 0. The third-order valence-electron chi connectivity index (χ3n) is 3.03. The third-order valence-corrected chi connectivity index (χ3v) is 3.03. The van der Waals surface area contributed by atoms with Crippen LogP contribution in [0.1, 0.15) is 39.2 Å². The Bertz CT molecular complexity index is 535. The van der Waals surface area contributed by atoms with E-state index in [0.717, 1.165) is 12.0 Å². The minimum Gasteiger partial charge on any atom is -0.327 e. The largest absolute Gasteiger partial charge is 0.327 e. The molecule has 6 nitrogen and oxygen atoms in total. The molecule has 1 rings (SSSR count). The SMILES string of the molecule is Cc1ccc([N+](=O)[O-])cc1NC(=O)CC(N)CC(C)(C)C. The molecule has 116 valence electrons. The van der Waals surface area contributed by atoms with E-state index in [9.17, 15) is 14.9 Å². The van der Waals surface area contributed by atoms with Crippen molar-refractivity contribution >= 4 is 17.3 Å². The minimum absolute atomic E-state index is 0.0464. The van der Waals surface area contributed by atoms with Crippen molar-refractivity contribution in [1.82, 2.24) is 0 Å². The molecule has 1 amide bonds. The normalized spacial score (nSPS) is 12.8. The van der Waals surface area contributed by atoms with Gasteiger partial charge in [0, 0.05) is 24.6 Å². The van der Waals surface area contributed by atoms with E-state index in [-0.39, 0.29) is 29.5 Å². The molecule has 1 unspecified atom stereocenters. The van der Waals surface area contributed by atoms with Gasteiger partial charge in [-0.1, -0.05) is 26.8 Å². The Morgan fingerprint density at radius 3 is 2.57 bits per heavy atom. The predicted molar refractivity (Wildman–Crippen MR) is 83.1 cm³/mol. The predicted octanol–water partition coefficient (Wildman–Crippen LogP) is 3.00. The fraction of sp³-hybridized carbons (Fsp3) is 0.533. The smallest absolute Gasteiger partial charge is 0.271 e. The fourth-order valence-electron chi connectivity index (χ4n) is 2.16. The van der Waals surface area contributed by atoms with Gasteiger partial charge >= 0.3 is 0 Å². The van der Waals surface area contributed by atoms with Crippen LogP contribution in [0.3, 0.4) is 0 Å². The number of nitrogens with two attached hydrogens (primary N) is 1. The zero-order valence-electron chi connectivity index (χ0n) is 13.0. The van der Waals surface area contributed by atoms with Gasteiger partial charge in [-0.25, -0.2) is 0 Å². The maximum atomic E-state index is 12.0. The molecule has 0 saturated heterocycles. The molecular weight excluding hydrogens is 270 g/mol. The van der Waals surface area contributed by atoms with Crippen molar-refractivity contribution in [1.29, 1.82) is 0 Å². The molecule has 1 aromatic carbocycles. The van der Waals surface area contributed by atoms with Crippen molar-refractivity contribution in [3.8, 4) is 0 Å². The topological polar surface area (TPSA) is 98.3 Å². The summed E-state index contributed by atoms with van der Waals surface area (Å²) < 4.78 is 0. The van der Waals surface area contributed by atoms with Crippen molar-refractivity contribution in [2.45, 2.75) is 46.6 Å². The lowest BCUT2D eigenvalue weighted by molar-refractivity contribution is -0.384. The van der Waals surface area contributed by atoms with Gasteiger partial charge in [-0.3, -0.25) is 14.9 Å². The number of nitro benzene ring substituents is 1. The van der Waals surface area contributed by atoms with Crippen LogP contribution in [0.25, 0.3) is 0 Å². The van der Waals surface area contributed by atoms with Crippen LogP contribution in [-0.2, 0) is 4.79 Å². The number of hydrogen-bond acceptors (Lipinski definition) is 4. The number of nitrogens with one attached hydrogen (secondary N) is 1. The van der Waals surface area contributed by atoms with Gasteiger partial charge in [0.25, 0.3) is 5.69 Å². The minimum atomic E-state index is -0.486. The average Bonchev–Trinajstić information content (AvgIpc) is 2.28. The number of non-ortho nitro benzene ring substituents is 1. The molecule has 0 saturated carbocycles. The van der Waals surface area contributed by atoms with Crippen molar-refractivity contribution in [3.05, 3.63) is 33.9 Å². The first-order chi connectivity index (χ1) is 9.58. The van der Waals surface area contributed by atoms with E-state index in [4.69, 9.17) is 5.73 Å². The molecule has 1 atom stereocenters. The van der Waals surface area contributed by atoms with E-state index in [0.29, 0.717) is 5.69 Å². The zero-order chi connectivity index (χ0) is 16.2.